The zero-order valence-electron chi connectivity index (χ0n) is 13.8. The van der Waals surface area contributed by atoms with Crippen LogP contribution >= 0.6 is 0 Å². The van der Waals surface area contributed by atoms with E-state index in [0.29, 0.717) is 12.7 Å². The molecule has 1 aliphatic heterocycles. The molecule has 2 aromatic carbocycles. The number of benzene rings is 2. The predicted octanol–water partition coefficient (Wildman–Crippen LogP) is 5.30. The number of hydrogen-bond donors (Lipinski definition) is 0. The smallest absolute Gasteiger partial charge is 0.231 e. The van der Waals surface area contributed by atoms with Gasteiger partial charge in [-0.25, -0.2) is 0 Å². The van der Waals surface area contributed by atoms with Gasteiger partial charge >= 0.3 is 0 Å². The molecule has 0 fully saturated rings. The zero-order chi connectivity index (χ0) is 16.4. The van der Waals surface area contributed by atoms with E-state index in [9.17, 15) is 0 Å². The normalized spacial score (nSPS) is 19.8. The monoisotopic (exact) mass is 327 g/mol. The van der Waals surface area contributed by atoms with E-state index >= 15 is 0 Å². The molecule has 3 aliphatic rings. The Kier molecular flexibility index (Phi) is 2.62. The van der Waals surface area contributed by atoms with Crippen molar-refractivity contribution in [2.75, 3.05) is 6.79 Å². The fraction of sp³-hybridized carbons (Fsp3) is 0.227. The summed E-state index contributed by atoms with van der Waals surface area (Å²) in [6.45, 7) is 0.304. The van der Waals surface area contributed by atoms with E-state index in [1.54, 1.807) is 0 Å². The molecule has 0 N–H and O–H groups in total. The van der Waals surface area contributed by atoms with Gasteiger partial charge in [0.2, 0.25) is 6.79 Å². The Morgan fingerprint density at radius 2 is 2.00 bits per heavy atom. The highest BCUT2D eigenvalue weighted by molar-refractivity contribution is 6.06. The number of hydrogen-bond acceptors (Lipinski definition) is 3. The van der Waals surface area contributed by atoms with Gasteiger partial charge in [0.15, 0.2) is 11.5 Å². The highest BCUT2D eigenvalue weighted by Gasteiger charge is 2.35. The summed E-state index contributed by atoms with van der Waals surface area (Å²) < 4.78 is 11.0. The summed E-state index contributed by atoms with van der Waals surface area (Å²) in [6, 6.07) is 12.8. The number of pyridine rings is 1. The van der Waals surface area contributed by atoms with Crippen molar-refractivity contribution >= 4 is 16.5 Å². The predicted molar refractivity (Wildman–Crippen MR) is 97.9 cm³/mol. The molecule has 122 valence electrons. The van der Waals surface area contributed by atoms with Crippen LogP contribution in [0.25, 0.3) is 27.6 Å². The van der Waals surface area contributed by atoms with Crippen molar-refractivity contribution in [3.63, 3.8) is 0 Å². The fourth-order valence-corrected chi connectivity index (χ4v) is 4.55. The topological polar surface area (TPSA) is 31.4 Å². The first-order valence-corrected chi connectivity index (χ1v) is 8.92. The second-order valence-electron chi connectivity index (χ2n) is 7.00. The second kappa shape index (κ2) is 4.85. The third-order valence-electron chi connectivity index (χ3n) is 5.70. The van der Waals surface area contributed by atoms with Gasteiger partial charge in [-0.15, -0.1) is 0 Å². The van der Waals surface area contributed by atoms with Crippen LogP contribution in [0.2, 0.25) is 0 Å². The summed E-state index contributed by atoms with van der Waals surface area (Å²) in [6.07, 6.45) is 8.08. The van der Waals surface area contributed by atoms with Crippen LogP contribution in [0.4, 0.5) is 0 Å². The lowest BCUT2D eigenvalue weighted by Gasteiger charge is -2.38. The fourth-order valence-electron chi connectivity index (χ4n) is 4.55. The summed E-state index contributed by atoms with van der Waals surface area (Å²) in [5.41, 5.74) is 7.86. The molecule has 1 aromatic heterocycles. The molecular weight excluding hydrogens is 310 g/mol. The van der Waals surface area contributed by atoms with Crippen LogP contribution in [0.3, 0.4) is 0 Å². The highest BCUT2D eigenvalue weighted by atomic mass is 16.7. The zero-order valence-corrected chi connectivity index (χ0v) is 13.8. The Bertz CT molecular complexity index is 1070. The van der Waals surface area contributed by atoms with Gasteiger partial charge in [-0.1, -0.05) is 18.2 Å². The van der Waals surface area contributed by atoms with E-state index in [1.165, 1.54) is 46.9 Å². The maximum Gasteiger partial charge on any atom is 0.231 e. The lowest BCUT2D eigenvalue weighted by molar-refractivity contribution is 0.174. The van der Waals surface area contributed by atoms with Crippen molar-refractivity contribution in [2.24, 2.45) is 0 Å². The van der Waals surface area contributed by atoms with Crippen molar-refractivity contribution in [3.05, 3.63) is 59.8 Å². The Balaban J connectivity index is 1.63. The molecule has 0 bridgehead atoms. The van der Waals surface area contributed by atoms with Crippen LogP contribution < -0.4 is 9.47 Å². The molecule has 2 aliphatic carbocycles. The number of rotatable bonds is 1. The summed E-state index contributed by atoms with van der Waals surface area (Å²) in [5, 5.41) is 1.28. The third-order valence-corrected chi connectivity index (χ3v) is 5.70. The summed E-state index contributed by atoms with van der Waals surface area (Å²) >= 11 is 0. The van der Waals surface area contributed by atoms with Crippen LogP contribution in [0.15, 0.2) is 48.7 Å². The van der Waals surface area contributed by atoms with E-state index in [2.05, 4.69) is 30.3 Å². The third kappa shape index (κ3) is 1.78. The number of ether oxygens (including phenoxy) is 2. The summed E-state index contributed by atoms with van der Waals surface area (Å²) in [4.78, 5) is 4.73. The lowest BCUT2D eigenvalue weighted by atomic mass is 9.66. The minimum absolute atomic E-state index is 0.304. The number of allylic oxidation sites excluding steroid dienone is 2. The Morgan fingerprint density at radius 3 is 3.00 bits per heavy atom. The van der Waals surface area contributed by atoms with Gasteiger partial charge in [-0.05, 0) is 65.8 Å². The average molecular weight is 327 g/mol. The van der Waals surface area contributed by atoms with Gasteiger partial charge < -0.3 is 9.47 Å². The first-order chi connectivity index (χ1) is 12.4. The van der Waals surface area contributed by atoms with Crippen LogP contribution in [-0.2, 0) is 0 Å². The van der Waals surface area contributed by atoms with Gasteiger partial charge in [0, 0.05) is 23.1 Å². The van der Waals surface area contributed by atoms with E-state index in [1.807, 2.05) is 18.3 Å². The van der Waals surface area contributed by atoms with E-state index in [0.717, 1.165) is 22.6 Å². The van der Waals surface area contributed by atoms with Crippen LogP contribution in [0, 0.1) is 0 Å². The Labute approximate surface area is 145 Å². The second-order valence-corrected chi connectivity index (χ2v) is 7.00. The van der Waals surface area contributed by atoms with E-state index < -0.39 is 0 Å². The van der Waals surface area contributed by atoms with Crippen molar-refractivity contribution < 1.29 is 9.47 Å². The summed E-state index contributed by atoms with van der Waals surface area (Å²) in [7, 11) is 0. The van der Waals surface area contributed by atoms with Crippen LogP contribution in [0.1, 0.15) is 36.3 Å². The molecule has 1 atom stereocenters. The minimum atomic E-state index is 0.304. The van der Waals surface area contributed by atoms with Gasteiger partial charge in [-0.2, -0.15) is 0 Å². The molecule has 0 spiro atoms. The van der Waals surface area contributed by atoms with Crippen molar-refractivity contribution in [2.45, 2.75) is 25.2 Å². The SMILES string of the molecule is C1=C2c3c(cc(-c4ccc5c(c4)OCO5)c4ncccc34)C2CCC1. The van der Waals surface area contributed by atoms with Crippen molar-refractivity contribution in [3.8, 4) is 22.6 Å². The largest absolute Gasteiger partial charge is 0.454 e. The first-order valence-electron chi connectivity index (χ1n) is 8.92. The minimum Gasteiger partial charge on any atom is -0.454 e. The number of nitrogens with zero attached hydrogens (tertiary/aromatic N) is 1. The number of aromatic nitrogens is 1. The van der Waals surface area contributed by atoms with E-state index in [-0.39, 0.29) is 0 Å². The number of fused-ring (bicyclic) bond motifs is 7. The summed E-state index contributed by atoms with van der Waals surface area (Å²) in [5.74, 6) is 2.26. The van der Waals surface area contributed by atoms with Gasteiger partial charge in [0.05, 0.1) is 5.52 Å². The molecule has 0 saturated heterocycles. The molecule has 1 unspecified atom stereocenters. The molecule has 0 saturated carbocycles. The quantitative estimate of drug-likeness (QED) is 0.608. The van der Waals surface area contributed by atoms with E-state index in [4.69, 9.17) is 14.5 Å². The lowest BCUT2D eigenvalue weighted by Crippen LogP contribution is -2.19. The average Bonchev–Trinajstić information content (AvgIpc) is 3.12. The molecule has 0 amide bonds. The van der Waals surface area contributed by atoms with Gasteiger partial charge in [0.1, 0.15) is 0 Å². The highest BCUT2D eigenvalue weighted by Crippen LogP contribution is 2.55. The molecule has 3 nitrogen and oxygen atoms in total. The van der Waals surface area contributed by atoms with Gasteiger partial charge in [0.25, 0.3) is 0 Å². The first kappa shape index (κ1) is 13.5. The molecule has 3 heteroatoms. The Morgan fingerprint density at radius 1 is 1.04 bits per heavy atom. The molecular formula is C22H17NO2. The Hall–Kier alpha value is -2.81. The molecule has 25 heavy (non-hydrogen) atoms. The van der Waals surface area contributed by atoms with Crippen molar-refractivity contribution in [1.82, 2.24) is 4.98 Å². The van der Waals surface area contributed by atoms with Gasteiger partial charge in [-0.3, -0.25) is 4.98 Å². The van der Waals surface area contributed by atoms with Crippen LogP contribution in [-0.4, -0.2) is 11.8 Å². The molecule has 0 radical (unpaired) electrons. The van der Waals surface area contributed by atoms with Crippen molar-refractivity contribution in [1.29, 1.82) is 0 Å². The maximum absolute atomic E-state index is 5.57. The van der Waals surface area contributed by atoms with Crippen LogP contribution in [0.5, 0.6) is 11.5 Å². The maximum atomic E-state index is 5.57. The molecule has 3 aromatic rings. The molecule has 2 heterocycles. The molecule has 6 rings (SSSR count). The standard InChI is InChI=1S/C22H17NO2/c1-2-5-15-14(4-1)18-11-17(22-16(21(15)18)6-3-9-23-22)13-7-8-19-20(10-13)25-12-24-19/h3,5-11,14H,1-2,4,12H2.